The summed E-state index contributed by atoms with van der Waals surface area (Å²) in [6.07, 6.45) is -2.71. The van der Waals surface area contributed by atoms with Gasteiger partial charge in [-0.15, -0.1) is 0 Å². The highest BCUT2D eigenvalue weighted by molar-refractivity contribution is 4.88. The molecule has 7 heteroatoms. The van der Waals surface area contributed by atoms with Gasteiger partial charge in [-0.25, -0.2) is 4.98 Å². The number of hydrogen-bond donors (Lipinski definition) is 1. The van der Waals surface area contributed by atoms with Crippen LogP contribution in [0.4, 0.5) is 13.2 Å². The van der Waals surface area contributed by atoms with Crippen molar-refractivity contribution in [3.63, 3.8) is 0 Å². The Morgan fingerprint density at radius 1 is 1.40 bits per heavy atom. The molecular weight excluding hydrogens is 211 g/mol. The molecule has 0 unspecified atom stereocenters. The third kappa shape index (κ3) is 4.78. The fourth-order valence-electron chi connectivity index (χ4n) is 0.998. The van der Waals surface area contributed by atoms with E-state index in [-0.39, 0.29) is 6.61 Å². The van der Waals surface area contributed by atoms with E-state index in [2.05, 4.69) is 19.9 Å². The van der Waals surface area contributed by atoms with Crippen molar-refractivity contribution in [3.8, 4) is 0 Å². The number of aromatic nitrogens is 3. The van der Waals surface area contributed by atoms with E-state index in [1.165, 1.54) is 0 Å². The van der Waals surface area contributed by atoms with E-state index in [0.29, 0.717) is 18.1 Å². The van der Waals surface area contributed by atoms with Gasteiger partial charge < -0.3 is 4.74 Å². The molecule has 4 nitrogen and oxygen atoms in total. The van der Waals surface area contributed by atoms with Crippen LogP contribution in [0.2, 0.25) is 0 Å². The maximum Gasteiger partial charge on any atom is 0.411 e. The van der Waals surface area contributed by atoms with Gasteiger partial charge in [-0.2, -0.15) is 18.3 Å². The van der Waals surface area contributed by atoms with Crippen LogP contribution in [0.25, 0.3) is 0 Å². The summed E-state index contributed by atoms with van der Waals surface area (Å²) in [7, 11) is 0. The summed E-state index contributed by atoms with van der Waals surface area (Å²) in [4.78, 5) is 3.96. The number of nitrogens with zero attached hydrogens (tertiary/aromatic N) is 2. The SMILES string of the molecule is CCCc1n[nH]c(COCC(F)(F)F)n1. The van der Waals surface area contributed by atoms with E-state index in [1.54, 1.807) is 0 Å². The van der Waals surface area contributed by atoms with Gasteiger partial charge in [0, 0.05) is 6.42 Å². The lowest BCUT2D eigenvalue weighted by Crippen LogP contribution is -2.17. The van der Waals surface area contributed by atoms with E-state index in [9.17, 15) is 13.2 Å². The van der Waals surface area contributed by atoms with Crippen LogP contribution in [0, 0.1) is 0 Å². The second-order valence-electron chi connectivity index (χ2n) is 3.06. The predicted octanol–water partition coefficient (Wildman–Crippen LogP) is 1.84. The Morgan fingerprint density at radius 2 is 2.13 bits per heavy atom. The maximum absolute atomic E-state index is 11.7. The minimum Gasteiger partial charge on any atom is -0.364 e. The summed E-state index contributed by atoms with van der Waals surface area (Å²) in [6, 6.07) is 0. The van der Waals surface area contributed by atoms with Crippen LogP contribution in [0.1, 0.15) is 25.0 Å². The Hall–Kier alpha value is -1.11. The molecule has 0 spiro atoms. The van der Waals surface area contributed by atoms with Crippen LogP contribution in [0.15, 0.2) is 0 Å². The molecule has 1 N–H and O–H groups in total. The van der Waals surface area contributed by atoms with Crippen molar-refractivity contribution in [2.45, 2.75) is 32.5 Å². The lowest BCUT2D eigenvalue weighted by Gasteiger charge is -2.05. The fraction of sp³-hybridized carbons (Fsp3) is 0.750. The first kappa shape index (κ1) is 12.0. The third-order valence-corrected chi connectivity index (χ3v) is 1.56. The van der Waals surface area contributed by atoms with Gasteiger partial charge in [-0.05, 0) is 6.42 Å². The van der Waals surface area contributed by atoms with Gasteiger partial charge >= 0.3 is 6.18 Å². The molecule has 86 valence electrons. The highest BCUT2D eigenvalue weighted by Crippen LogP contribution is 2.14. The van der Waals surface area contributed by atoms with Gasteiger partial charge in [-0.1, -0.05) is 6.92 Å². The monoisotopic (exact) mass is 223 g/mol. The molecule has 0 saturated heterocycles. The third-order valence-electron chi connectivity index (χ3n) is 1.56. The van der Waals surface area contributed by atoms with Crippen molar-refractivity contribution >= 4 is 0 Å². The first-order valence-corrected chi connectivity index (χ1v) is 4.56. The molecular formula is C8H12F3N3O. The molecule has 0 aliphatic carbocycles. The smallest absolute Gasteiger partial charge is 0.364 e. The van der Waals surface area contributed by atoms with E-state index in [4.69, 9.17) is 0 Å². The molecule has 1 rings (SSSR count). The topological polar surface area (TPSA) is 50.8 Å². The van der Waals surface area contributed by atoms with Crippen molar-refractivity contribution < 1.29 is 17.9 Å². The lowest BCUT2D eigenvalue weighted by molar-refractivity contribution is -0.177. The van der Waals surface area contributed by atoms with Gasteiger partial charge in [0.25, 0.3) is 0 Å². The molecule has 0 saturated carbocycles. The summed E-state index contributed by atoms with van der Waals surface area (Å²) in [5, 5.41) is 6.35. The molecule has 0 amide bonds. The Morgan fingerprint density at radius 3 is 2.73 bits per heavy atom. The van der Waals surface area contributed by atoms with Gasteiger partial charge in [0.05, 0.1) is 0 Å². The van der Waals surface area contributed by atoms with Crippen LogP contribution in [-0.2, 0) is 17.8 Å². The Kier molecular flexibility index (Phi) is 4.07. The number of halogens is 3. The number of nitrogens with one attached hydrogen (secondary N) is 1. The average molecular weight is 223 g/mol. The highest BCUT2D eigenvalue weighted by atomic mass is 19.4. The van der Waals surface area contributed by atoms with Crippen LogP contribution < -0.4 is 0 Å². The number of hydrogen-bond acceptors (Lipinski definition) is 3. The van der Waals surface area contributed by atoms with E-state index >= 15 is 0 Å². The first-order chi connectivity index (χ1) is 7.01. The van der Waals surface area contributed by atoms with Crippen molar-refractivity contribution in [1.29, 1.82) is 0 Å². The standard InChI is InChI=1S/C8H12F3N3O/c1-2-3-6-12-7(14-13-6)4-15-5-8(9,10)11/h2-5H2,1H3,(H,12,13,14). The molecule has 1 heterocycles. The van der Waals surface area contributed by atoms with Gasteiger partial charge in [0.1, 0.15) is 13.2 Å². The summed E-state index contributed by atoms with van der Waals surface area (Å²) in [5.74, 6) is 0.922. The quantitative estimate of drug-likeness (QED) is 0.828. The highest BCUT2D eigenvalue weighted by Gasteiger charge is 2.27. The Balaban J connectivity index is 2.31. The summed E-state index contributed by atoms with van der Waals surface area (Å²) in [5.41, 5.74) is 0. The Bertz CT molecular complexity index is 298. The minimum atomic E-state index is -4.30. The number of alkyl halides is 3. The number of aromatic amines is 1. The normalized spacial score (nSPS) is 12.0. The van der Waals surface area contributed by atoms with Crippen LogP contribution >= 0.6 is 0 Å². The van der Waals surface area contributed by atoms with Crippen LogP contribution in [0.5, 0.6) is 0 Å². The maximum atomic E-state index is 11.7. The molecule has 15 heavy (non-hydrogen) atoms. The van der Waals surface area contributed by atoms with Gasteiger partial charge in [0.2, 0.25) is 0 Å². The predicted molar refractivity (Wildman–Crippen MR) is 46.1 cm³/mol. The van der Waals surface area contributed by atoms with Crippen molar-refractivity contribution in [2.75, 3.05) is 6.61 Å². The number of H-pyrrole nitrogens is 1. The molecule has 0 aliphatic rings. The van der Waals surface area contributed by atoms with Crippen molar-refractivity contribution in [2.24, 2.45) is 0 Å². The molecule has 0 bridgehead atoms. The molecule has 0 radical (unpaired) electrons. The van der Waals surface area contributed by atoms with Crippen molar-refractivity contribution in [1.82, 2.24) is 15.2 Å². The molecule has 0 aromatic carbocycles. The summed E-state index contributed by atoms with van der Waals surface area (Å²) >= 11 is 0. The van der Waals surface area contributed by atoms with Crippen molar-refractivity contribution in [3.05, 3.63) is 11.6 Å². The van der Waals surface area contributed by atoms with Gasteiger partial charge in [-0.3, -0.25) is 5.10 Å². The van der Waals surface area contributed by atoms with E-state index in [1.807, 2.05) is 6.92 Å². The zero-order valence-corrected chi connectivity index (χ0v) is 8.26. The summed E-state index contributed by atoms with van der Waals surface area (Å²) in [6.45, 7) is 0.503. The van der Waals surface area contributed by atoms with E-state index in [0.717, 1.165) is 6.42 Å². The second kappa shape index (κ2) is 5.11. The van der Waals surface area contributed by atoms with Gasteiger partial charge in [0.15, 0.2) is 11.6 Å². The summed E-state index contributed by atoms with van der Waals surface area (Å²) < 4.78 is 39.6. The lowest BCUT2D eigenvalue weighted by atomic mass is 10.3. The zero-order chi connectivity index (χ0) is 11.3. The number of rotatable bonds is 5. The fourth-order valence-corrected chi connectivity index (χ4v) is 0.998. The molecule has 0 fully saturated rings. The van der Waals surface area contributed by atoms with Crippen LogP contribution in [-0.4, -0.2) is 28.0 Å². The van der Waals surface area contributed by atoms with E-state index < -0.39 is 12.8 Å². The molecule has 1 aromatic rings. The Labute approximate surface area is 84.8 Å². The van der Waals surface area contributed by atoms with Crippen LogP contribution in [0.3, 0.4) is 0 Å². The minimum absolute atomic E-state index is 0.198. The number of ether oxygens (including phenoxy) is 1. The zero-order valence-electron chi connectivity index (χ0n) is 8.26. The molecule has 1 aromatic heterocycles. The average Bonchev–Trinajstić information content (AvgIpc) is 2.51. The number of aryl methyl sites for hydroxylation is 1. The largest absolute Gasteiger partial charge is 0.411 e. The second-order valence-corrected chi connectivity index (χ2v) is 3.06. The first-order valence-electron chi connectivity index (χ1n) is 4.56. The molecule has 0 aliphatic heterocycles. The molecule has 0 atom stereocenters.